The summed E-state index contributed by atoms with van der Waals surface area (Å²) in [4.78, 5) is 14.3. The van der Waals surface area contributed by atoms with E-state index >= 15 is 0 Å². The predicted molar refractivity (Wildman–Crippen MR) is 89.3 cm³/mol. The molecule has 1 aliphatic heterocycles. The van der Waals surface area contributed by atoms with E-state index in [1.165, 1.54) is 4.88 Å². The molecule has 2 radical (unpaired) electrons. The first kappa shape index (κ1) is 16.1. The molecule has 1 aliphatic carbocycles. The zero-order valence-electron chi connectivity index (χ0n) is 13.4. The lowest BCUT2D eigenvalue weighted by Crippen LogP contribution is -2.26. The standard InChI is InChI=1S/C17H23BO3S/c1-17(2)5-3-13-12(7-17)14(16(19)20)15(22-13)11-4-6-21-9-10(11)8-18/h10-11H,3-9H2,1-2H3,(H,19,20)/t10-,11+/m0/s1. The number of hydrogen-bond donors (Lipinski definition) is 1. The van der Waals surface area contributed by atoms with Crippen molar-refractivity contribution in [2.45, 2.75) is 51.8 Å². The minimum atomic E-state index is -0.771. The van der Waals surface area contributed by atoms with Gasteiger partial charge < -0.3 is 9.84 Å². The van der Waals surface area contributed by atoms with Crippen LogP contribution in [-0.4, -0.2) is 32.1 Å². The Balaban J connectivity index is 2.05. The largest absolute Gasteiger partial charge is 0.478 e. The van der Waals surface area contributed by atoms with Crippen molar-refractivity contribution in [3.05, 3.63) is 20.9 Å². The maximum Gasteiger partial charge on any atom is 0.337 e. The zero-order chi connectivity index (χ0) is 15.9. The second-order valence-corrected chi connectivity index (χ2v) is 8.49. The number of rotatable bonds is 3. The summed E-state index contributed by atoms with van der Waals surface area (Å²) < 4.78 is 5.54. The van der Waals surface area contributed by atoms with E-state index in [0.717, 1.165) is 36.1 Å². The van der Waals surface area contributed by atoms with Crippen molar-refractivity contribution in [2.24, 2.45) is 11.3 Å². The fraction of sp³-hybridized carbons (Fsp3) is 0.706. The third-order valence-electron chi connectivity index (χ3n) is 5.13. The highest BCUT2D eigenvalue weighted by atomic mass is 32.1. The van der Waals surface area contributed by atoms with Gasteiger partial charge >= 0.3 is 5.97 Å². The lowest BCUT2D eigenvalue weighted by molar-refractivity contribution is 0.0474. The SMILES string of the molecule is [B]C[C@H]1COCC[C@H]1c1sc2c(c1C(=O)O)CC(C)(C)CC2. The quantitative estimate of drug-likeness (QED) is 0.865. The summed E-state index contributed by atoms with van der Waals surface area (Å²) in [7, 11) is 5.90. The molecular weight excluding hydrogens is 295 g/mol. The van der Waals surface area contributed by atoms with Crippen LogP contribution in [0.3, 0.4) is 0 Å². The van der Waals surface area contributed by atoms with Crippen LogP contribution in [0.25, 0.3) is 0 Å². The highest BCUT2D eigenvalue weighted by Crippen LogP contribution is 2.47. The zero-order valence-corrected chi connectivity index (χ0v) is 14.2. The summed E-state index contributed by atoms with van der Waals surface area (Å²) >= 11 is 1.72. The molecule has 118 valence electrons. The Hall–Kier alpha value is -0.805. The first-order valence-corrected chi connectivity index (χ1v) is 8.90. The van der Waals surface area contributed by atoms with E-state index in [1.54, 1.807) is 11.3 Å². The van der Waals surface area contributed by atoms with Gasteiger partial charge in [0, 0.05) is 28.9 Å². The van der Waals surface area contributed by atoms with Crippen LogP contribution in [0.4, 0.5) is 0 Å². The normalized spacial score (nSPS) is 27.4. The van der Waals surface area contributed by atoms with Crippen molar-refractivity contribution in [1.29, 1.82) is 0 Å². The summed E-state index contributed by atoms with van der Waals surface area (Å²) in [6.07, 6.45) is 4.44. The molecule has 2 aliphatic rings. The molecule has 3 nitrogen and oxygen atoms in total. The third kappa shape index (κ3) is 2.85. The first-order chi connectivity index (χ1) is 10.4. The maximum absolute atomic E-state index is 11.9. The van der Waals surface area contributed by atoms with Crippen molar-refractivity contribution in [3.8, 4) is 0 Å². The summed E-state index contributed by atoms with van der Waals surface area (Å²) in [5.41, 5.74) is 1.86. The molecule has 0 amide bonds. The molecule has 0 spiro atoms. The van der Waals surface area contributed by atoms with Crippen molar-refractivity contribution in [2.75, 3.05) is 13.2 Å². The van der Waals surface area contributed by atoms with Crippen LogP contribution < -0.4 is 0 Å². The van der Waals surface area contributed by atoms with E-state index in [1.807, 2.05) is 0 Å². The smallest absolute Gasteiger partial charge is 0.337 e. The fourth-order valence-corrected chi connectivity index (χ4v) is 5.35. The van der Waals surface area contributed by atoms with Crippen LogP contribution in [0.5, 0.6) is 0 Å². The van der Waals surface area contributed by atoms with Gasteiger partial charge in [0.05, 0.1) is 13.4 Å². The minimum absolute atomic E-state index is 0.193. The van der Waals surface area contributed by atoms with Gasteiger partial charge in [-0.25, -0.2) is 4.79 Å². The molecule has 2 heterocycles. The minimum Gasteiger partial charge on any atom is -0.478 e. The molecule has 1 saturated heterocycles. The van der Waals surface area contributed by atoms with E-state index in [4.69, 9.17) is 12.6 Å². The van der Waals surface area contributed by atoms with Crippen molar-refractivity contribution in [3.63, 3.8) is 0 Å². The van der Waals surface area contributed by atoms with Crippen LogP contribution in [-0.2, 0) is 17.6 Å². The molecule has 2 atom stereocenters. The van der Waals surface area contributed by atoms with Crippen molar-refractivity contribution in [1.82, 2.24) is 0 Å². The summed E-state index contributed by atoms with van der Waals surface area (Å²) in [6, 6.07) is 0. The lowest BCUT2D eigenvalue weighted by atomic mass is 9.74. The number of carbonyl (C=O) groups is 1. The molecule has 0 aromatic carbocycles. The predicted octanol–water partition coefficient (Wildman–Crippen LogP) is 3.67. The molecule has 0 unspecified atom stereocenters. The van der Waals surface area contributed by atoms with Crippen molar-refractivity contribution < 1.29 is 14.6 Å². The van der Waals surface area contributed by atoms with Gasteiger partial charge in [0.25, 0.3) is 0 Å². The van der Waals surface area contributed by atoms with Gasteiger partial charge in [-0.3, -0.25) is 0 Å². The number of aryl methyl sites for hydroxylation is 1. The first-order valence-electron chi connectivity index (χ1n) is 8.08. The van der Waals surface area contributed by atoms with Crippen LogP contribution in [0.15, 0.2) is 0 Å². The Labute approximate surface area is 137 Å². The Morgan fingerprint density at radius 2 is 2.27 bits per heavy atom. The van der Waals surface area contributed by atoms with E-state index in [-0.39, 0.29) is 17.3 Å². The fourth-order valence-electron chi connectivity index (χ4n) is 3.81. The molecule has 0 saturated carbocycles. The number of thiophene rings is 1. The second kappa shape index (κ2) is 6.01. The number of carboxylic acid groups (broad SMARTS) is 1. The Morgan fingerprint density at radius 1 is 1.50 bits per heavy atom. The number of aromatic carboxylic acids is 1. The molecule has 5 heteroatoms. The number of fused-ring (bicyclic) bond motifs is 1. The van der Waals surface area contributed by atoms with Gasteiger partial charge in [-0.2, -0.15) is 0 Å². The van der Waals surface area contributed by atoms with Crippen LogP contribution in [0, 0.1) is 11.3 Å². The third-order valence-corrected chi connectivity index (χ3v) is 6.55. The topological polar surface area (TPSA) is 46.5 Å². The second-order valence-electron chi connectivity index (χ2n) is 7.36. The van der Waals surface area contributed by atoms with Crippen LogP contribution >= 0.6 is 11.3 Å². The molecule has 1 aromatic heterocycles. The van der Waals surface area contributed by atoms with Crippen molar-refractivity contribution >= 4 is 25.2 Å². The van der Waals surface area contributed by atoms with Gasteiger partial charge in [-0.1, -0.05) is 20.2 Å². The summed E-state index contributed by atoms with van der Waals surface area (Å²) in [5, 5.41) is 9.81. The number of ether oxygens (including phenoxy) is 1. The monoisotopic (exact) mass is 318 g/mol. The van der Waals surface area contributed by atoms with Crippen LogP contribution in [0.2, 0.25) is 6.32 Å². The van der Waals surface area contributed by atoms with Gasteiger partial charge in [0.1, 0.15) is 0 Å². The maximum atomic E-state index is 11.9. The molecule has 1 fully saturated rings. The van der Waals surface area contributed by atoms with E-state index in [9.17, 15) is 9.90 Å². The molecule has 1 aromatic rings. The highest BCUT2D eigenvalue weighted by Gasteiger charge is 2.37. The molecule has 1 N–H and O–H groups in total. The average molecular weight is 318 g/mol. The number of carboxylic acids is 1. The van der Waals surface area contributed by atoms with E-state index in [2.05, 4.69) is 13.8 Å². The lowest BCUT2D eigenvalue weighted by Gasteiger charge is -2.31. The van der Waals surface area contributed by atoms with Gasteiger partial charge in [-0.05, 0) is 42.6 Å². The Kier molecular flexibility index (Phi) is 4.39. The average Bonchev–Trinajstić information content (AvgIpc) is 2.84. The Bertz CT molecular complexity index is 579. The Morgan fingerprint density at radius 3 is 2.95 bits per heavy atom. The van der Waals surface area contributed by atoms with Gasteiger partial charge in [0.2, 0.25) is 0 Å². The number of hydrogen-bond acceptors (Lipinski definition) is 3. The molecular formula is C17H23BO3S. The van der Waals surface area contributed by atoms with E-state index < -0.39 is 5.97 Å². The molecule has 0 bridgehead atoms. The van der Waals surface area contributed by atoms with Crippen LogP contribution in [0.1, 0.15) is 58.3 Å². The summed E-state index contributed by atoms with van der Waals surface area (Å²) in [5.74, 6) is -0.295. The van der Waals surface area contributed by atoms with E-state index in [0.29, 0.717) is 25.1 Å². The molecule has 22 heavy (non-hydrogen) atoms. The highest BCUT2D eigenvalue weighted by molar-refractivity contribution is 7.12. The summed E-state index contributed by atoms with van der Waals surface area (Å²) in [6.45, 7) is 5.81. The van der Waals surface area contributed by atoms with Gasteiger partial charge in [-0.15, -0.1) is 11.3 Å². The molecule has 3 rings (SSSR count). The van der Waals surface area contributed by atoms with Gasteiger partial charge in [0.15, 0.2) is 0 Å².